The number of rotatable bonds is 1. The molecule has 0 radical (unpaired) electrons. The van der Waals surface area contributed by atoms with Crippen molar-refractivity contribution in [1.82, 2.24) is 10.3 Å². The van der Waals surface area contributed by atoms with Gasteiger partial charge in [-0.2, -0.15) is 0 Å². The number of aromatic nitrogens is 1. The van der Waals surface area contributed by atoms with Crippen LogP contribution in [0.25, 0.3) is 0 Å². The van der Waals surface area contributed by atoms with E-state index in [0.29, 0.717) is 11.3 Å². The summed E-state index contributed by atoms with van der Waals surface area (Å²) in [6.45, 7) is 4.00. The van der Waals surface area contributed by atoms with Gasteiger partial charge in [-0.25, -0.2) is 4.98 Å². The van der Waals surface area contributed by atoms with Crippen molar-refractivity contribution in [2.75, 3.05) is 12.8 Å². The Bertz CT molecular complexity index is 315. The lowest BCUT2D eigenvalue weighted by Crippen LogP contribution is -2.19. The van der Waals surface area contributed by atoms with Gasteiger partial charge in [0.2, 0.25) is 0 Å². The fourth-order valence-electron chi connectivity index (χ4n) is 0.768. The summed E-state index contributed by atoms with van der Waals surface area (Å²) < 4.78 is 0. The molecule has 0 aliphatic rings. The van der Waals surface area contributed by atoms with Gasteiger partial charge < -0.3 is 11.1 Å². The Hall–Kier alpha value is -1.29. The van der Waals surface area contributed by atoms with E-state index in [1.54, 1.807) is 0 Å². The summed E-state index contributed by atoms with van der Waals surface area (Å²) >= 11 is 5.54. The maximum atomic E-state index is 11.1. The van der Waals surface area contributed by atoms with Gasteiger partial charge in [0.05, 0.1) is 5.56 Å². The van der Waals surface area contributed by atoms with E-state index in [0.717, 1.165) is 0 Å². The van der Waals surface area contributed by atoms with Gasteiger partial charge in [0.25, 0.3) is 5.91 Å². The molecule has 0 aliphatic heterocycles. The Morgan fingerprint density at radius 1 is 1.57 bits per heavy atom. The SMILES string of the molecule is CC.CNC(=O)c1cnc(Cl)cc1N. The molecule has 78 valence electrons. The highest BCUT2D eigenvalue weighted by Crippen LogP contribution is 2.14. The van der Waals surface area contributed by atoms with Crippen LogP contribution in [0.3, 0.4) is 0 Å². The summed E-state index contributed by atoms with van der Waals surface area (Å²) in [5.41, 5.74) is 6.18. The quantitative estimate of drug-likeness (QED) is 0.701. The summed E-state index contributed by atoms with van der Waals surface area (Å²) in [5.74, 6) is -0.267. The van der Waals surface area contributed by atoms with Crippen molar-refractivity contribution < 1.29 is 4.79 Å². The summed E-state index contributed by atoms with van der Waals surface area (Å²) in [4.78, 5) is 14.8. The monoisotopic (exact) mass is 215 g/mol. The van der Waals surface area contributed by atoms with Crippen molar-refractivity contribution in [3.05, 3.63) is 23.0 Å². The number of nitrogens with one attached hydrogen (secondary N) is 1. The molecule has 1 amide bonds. The molecule has 0 saturated heterocycles. The molecule has 3 N–H and O–H groups in total. The zero-order valence-electron chi connectivity index (χ0n) is 8.47. The normalized spacial score (nSPS) is 8.57. The Morgan fingerprint density at radius 2 is 2.14 bits per heavy atom. The van der Waals surface area contributed by atoms with Gasteiger partial charge in [0, 0.05) is 18.9 Å². The van der Waals surface area contributed by atoms with Crippen LogP contribution in [0.15, 0.2) is 12.3 Å². The number of carbonyl (C=O) groups excluding carboxylic acids is 1. The topological polar surface area (TPSA) is 68.0 Å². The second-order valence-electron chi connectivity index (χ2n) is 2.17. The summed E-state index contributed by atoms with van der Waals surface area (Å²) in [5, 5.41) is 2.72. The van der Waals surface area contributed by atoms with Gasteiger partial charge in [-0.3, -0.25) is 4.79 Å². The van der Waals surface area contributed by atoms with Crippen LogP contribution in [0.2, 0.25) is 5.15 Å². The first kappa shape index (κ1) is 12.7. The van der Waals surface area contributed by atoms with E-state index < -0.39 is 0 Å². The Kier molecular flexibility index (Phi) is 5.64. The Morgan fingerprint density at radius 3 is 2.57 bits per heavy atom. The van der Waals surface area contributed by atoms with E-state index in [2.05, 4.69) is 10.3 Å². The molecule has 1 aromatic heterocycles. The van der Waals surface area contributed by atoms with Crippen molar-refractivity contribution >= 4 is 23.2 Å². The Labute approximate surface area is 88.5 Å². The van der Waals surface area contributed by atoms with Crippen molar-refractivity contribution in [2.24, 2.45) is 0 Å². The summed E-state index contributed by atoms with van der Waals surface area (Å²) in [7, 11) is 1.52. The van der Waals surface area contributed by atoms with Crippen LogP contribution in [0.5, 0.6) is 0 Å². The average Bonchev–Trinajstić information content (AvgIpc) is 2.20. The second-order valence-corrected chi connectivity index (χ2v) is 2.56. The summed E-state index contributed by atoms with van der Waals surface area (Å²) in [6.07, 6.45) is 1.34. The largest absolute Gasteiger partial charge is 0.398 e. The molecule has 0 bridgehead atoms. The Balaban J connectivity index is 0.000000791. The molecule has 0 saturated carbocycles. The molecule has 1 heterocycles. The fourth-order valence-corrected chi connectivity index (χ4v) is 0.935. The summed E-state index contributed by atoms with van der Waals surface area (Å²) in [6, 6.07) is 1.44. The molecular formula is C9H14ClN3O. The molecule has 0 atom stereocenters. The zero-order valence-corrected chi connectivity index (χ0v) is 9.22. The van der Waals surface area contributed by atoms with Gasteiger partial charge in [0.15, 0.2) is 0 Å². The highest BCUT2D eigenvalue weighted by Gasteiger charge is 2.07. The minimum atomic E-state index is -0.267. The van der Waals surface area contributed by atoms with E-state index in [1.807, 2.05) is 13.8 Å². The predicted octanol–water partition coefficient (Wildman–Crippen LogP) is 1.70. The number of carbonyl (C=O) groups is 1. The third kappa shape index (κ3) is 3.22. The number of hydrogen-bond acceptors (Lipinski definition) is 3. The first-order valence-corrected chi connectivity index (χ1v) is 4.66. The number of amides is 1. The van der Waals surface area contributed by atoms with Crippen molar-refractivity contribution in [3.63, 3.8) is 0 Å². The lowest BCUT2D eigenvalue weighted by Gasteiger charge is -2.02. The maximum absolute atomic E-state index is 11.1. The molecule has 0 fully saturated rings. The van der Waals surface area contributed by atoms with E-state index in [9.17, 15) is 4.79 Å². The van der Waals surface area contributed by atoms with E-state index in [-0.39, 0.29) is 11.1 Å². The van der Waals surface area contributed by atoms with E-state index in [4.69, 9.17) is 17.3 Å². The highest BCUT2D eigenvalue weighted by molar-refractivity contribution is 6.29. The molecule has 14 heavy (non-hydrogen) atoms. The van der Waals surface area contributed by atoms with Crippen LogP contribution >= 0.6 is 11.6 Å². The van der Waals surface area contributed by atoms with Crippen molar-refractivity contribution in [3.8, 4) is 0 Å². The number of pyridine rings is 1. The average molecular weight is 216 g/mol. The van der Waals surface area contributed by atoms with E-state index >= 15 is 0 Å². The molecule has 1 aromatic rings. The lowest BCUT2D eigenvalue weighted by molar-refractivity contribution is 0.0963. The molecule has 1 rings (SSSR count). The molecule has 5 heteroatoms. The molecule has 0 spiro atoms. The third-order valence-electron chi connectivity index (χ3n) is 1.37. The van der Waals surface area contributed by atoms with Gasteiger partial charge in [-0.15, -0.1) is 0 Å². The van der Waals surface area contributed by atoms with Crippen molar-refractivity contribution in [1.29, 1.82) is 0 Å². The van der Waals surface area contributed by atoms with Crippen LogP contribution in [0, 0.1) is 0 Å². The van der Waals surface area contributed by atoms with Gasteiger partial charge in [-0.05, 0) is 6.07 Å². The lowest BCUT2D eigenvalue weighted by atomic mass is 10.2. The first-order chi connectivity index (χ1) is 6.65. The van der Waals surface area contributed by atoms with Gasteiger partial charge >= 0.3 is 0 Å². The second kappa shape index (κ2) is 6.21. The highest BCUT2D eigenvalue weighted by atomic mass is 35.5. The van der Waals surface area contributed by atoms with Crippen LogP contribution < -0.4 is 11.1 Å². The molecule has 0 aromatic carbocycles. The predicted molar refractivity (Wildman–Crippen MR) is 58.4 cm³/mol. The van der Waals surface area contributed by atoms with Crippen LogP contribution in [-0.4, -0.2) is 17.9 Å². The number of nitrogens with two attached hydrogens (primary N) is 1. The molecular weight excluding hydrogens is 202 g/mol. The first-order valence-electron chi connectivity index (χ1n) is 4.28. The van der Waals surface area contributed by atoms with E-state index in [1.165, 1.54) is 19.3 Å². The molecule has 0 unspecified atom stereocenters. The van der Waals surface area contributed by atoms with Crippen molar-refractivity contribution in [2.45, 2.75) is 13.8 Å². The standard InChI is InChI=1S/C7H8ClN3O.C2H6/c1-10-7(12)4-3-11-6(8)2-5(4)9;1-2/h2-3H,1H3,(H2,9,11)(H,10,12);1-2H3. The number of hydrogen-bond donors (Lipinski definition) is 2. The molecule has 0 aliphatic carbocycles. The van der Waals surface area contributed by atoms with Crippen LogP contribution in [0.1, 0.15) is 24.2 Å². The maximum Gasteiger partial charge on any atom is 0.254 e. The van der Waals surface area contributed by atoms with Crippen LogP contribution in [0.4, 0.5) is 5.69 Å². The smallest absolute Gasteiger partial charge is 0.254 e. The minimum Gasteiger partial charge on any atom is -0.398 e. The molecule has 4 nitrogen and oxygen atoms in total. The van der Waals surface area contributed by atoms with Crippen LogP contribution in [-0.2, 0) is 0 Å². The van der Waals surface area contributed by atoms with Gasteiger partial charge in [0.1, 0.15) is 5.15 Å². The number of anilines is 1. The third-order valence-corrected chi connectivity index (χ3v) is 1.58. The number of nitrogen functional groups attached to an aromatic ring is 1. The number of nitrogens with zero attached hydrogens (tertiary/aromatic N) is 1. The fraction of sp³-hybridized carbons (Fsp3) is 0.333. The number of halogens is 1. The zero-order chi connectivity index (χ0) is 11.1. The van der Waals surface area contributed by atoms with Gasteiger partial charge in [-0.1, -0.05) is 25.4 Å². The minimum absolute atomic E-state index is 0.267.